The lowest BCUT2D eigenvalue weighted by atomic mass is 9.88. The Bertz CT molecular complexity index is 253. The first-order valence-corrected chi connectivity index (χ1v) is 6.87. The van der Waals surface area contributed by atoms with Crippen LogP contribution in [-0.4, -0.2) is 35.5 Å². The molecule has 17 heavy (non-hydrogen) atoms. The third kappa shape index (κ3) is 4.66. The van der Waals surface area contributed by atoms with E-state index in [2.05, 4.69) is 44.8 Å². The predicted octanol–water partition coefficient (Wildman–Crippen LogP) is 2.41. The van der Waals surface area contributed by atoms with Gasteiger partial charge in [0.2, 0.25) is 5.91 Å². The maximum absolute atomic E-state index is 11.8. The summed E-state index contributed by atoms with van der Waals surface area (Å²) in [4.78, 5) is 14.3. The molecule has 0 spiro atoms. The zero-order valence-electron chi connectivity index (χ0n) is 12.0. The summed E-state index contributed by atoms with van der Waals surface area (Å²) in [7, 11) is 0. The third-order valence-electron chi connectivity index (χ3n) is 3.67. The van der Waals surface area contributed by atoms with Gasteiger partial charge >= 0.3 is 0 Å². The quantitative estimate of drug-likeness (QED) is 0.818. The number of nitrogens with zero attached hydrogens (tertiary/aromatic N) is 1. The van der Waals surface area contributed by atoms with E-state index in [1.807, 2.05) is 0 Å². The van der Waals surface area contributed by atoms with E-state index in [0.29, 0.717) is 18.4 Å². The van der Waals surface area contributed by atoms with Crippen molar-refractivity contribution in [1.29, 1.82) is 0 Å². The van der Waals surface area contributed by atoms with Crippen LogP contribution in [0.5, 0.6) is 0 Å². The smallest absolute Gasteiger partial charge is 0.220 e. The van der Waals surface area contributed by atoms with Gasteiger partial charge < -0.3 is 10.2 Å². The highest BCUT2D eigenvalue weighted by Crippen LogP contribution is 2.23. The fourth-order valence-electron chi connectivity index (χ4n) is 2.42. The molecule has 1 heterocycles. The van der Waals surface area contributed by atoms with Crippen LogP contribution in [0.3, 0.4) is 0 Å². The van der Waals surface area contributed by atoms with Gasteiger partial charge in [0.1, 0.15) is 0 Å². The van der Waals surface area contributed by atoms with Crippen LogP contribution in [0, 0.1) is 5.92 Å². The molecular weight excluding hydrogens is 212 g/mol. The number of amides is 1. The van der Waals surface area contributed by atoms with Crippen molar-refractivity contribution in [2.45, 2.75) is 65.5 Å². The SMILES string of the molecule is CC(C)CC(=O)NC1(C)CCN(C(C)C)CC1. The molecule has 1 fully saturated rings. The van der Waals surface area contributed by atoms with Crippen molar-refractivity contribution in [2.75, 3.05) is 13.1 Å². The van der Waals surface area contributed by atoms with E-state index in [9.17, 15) is 4.79 Å². The van der Waals surface area contributed by atoms with Gasteiger partial charge in [-0.15, -0.1) is 0 Å². The fourth-order valence-corrected chi connectivity index (χ4v) is 2.42. The van der Waals surface area contributed by atoms with Crippen LogP contribution in [0.4, 0.5) is 0 Å². The van der Waals surface area contributed by atoms with Crippen LogP contribution in [0.1, 0.15) is 53.9 Å². The first-order valence-electron chi connectivity index (χ1n) is 6.87. The Labute approximate surface area is 106 Å². The van der Waals surface area contributed by atoms with E-state index in [4.69, 9.17) is 0 Å². The van der Waals surface area contributed by atoms with Gasteiger partial charge in [-0.05, 0) is 39.5 Å². The number of hydrogen-bond acceptors (Lipinski definition) is 2. The van der Waals surface area contributed by atoms with Gasteiger partial charge in [-0.25, -0.2) is 0 Å². The molecule has 3 heteroatoms. The lowest BCUT2D eigenvalue weighted by Crippen LogP contribution is -2.54. The molecule has 100 valence electrons. The molecule has 1 rings (SSSR count). The third-order valence-corrected chi connectivity index (χ3v) is 3.67. The molecule has 0 radical (unpaired) electrons. The zero-order valence-corrected chi connectivity index (χ0v) is 12.0. The maximum Gasteiger partial charge on any atom is 0.220 e. The Morgan fingerprint density at radius 1 is 1.24 bits per heavy atom. The topological polar surface area (TPSA) is 32.3 Å². The molecule has 0 atom stereocenters. The second-order valence-corrected chi connectivity index (χ2v) is 6.34. The van der Waals surface area contributed by atoms with Gasteiger partial charge in [-0.2, -0.15) is 0 Å². The summed E-state index contributed by atoms with van der Waals surface area (Å²) in [6.07, 6.45) is 2.77. The van der Waals surface area contributed by atoms with E-state index in [1.54, 1.807) is 0 Å². The monoisotopic (exact) mass is 240 g/mol. The van der Waals surface area contributed by atoms with Crippen molar-refractivity contribution < 1.29 is 4.79 Å². The van der Waals surface area contributed by atoms with Gasteiger partial charge in [-0.3, -0.25) is 4.79 Å². The Balaban J connectivity index is 2.41. The number of nitrogens with one attached hydrogen (secondary N) is 1. The van der Waals surface area contributed by atoms with Crippen LogP contribution < -0.4 is 5.32 Å². The Morgan fingerprint density at radius 3 is 2.18 bits per heavy atom. The molecule has 0 aromatic rings. The normalized spacial score (nSPS) is 20.9. The van der Waals surface area contributed by atoms with E-state index >= 15 is 0 Å². The molecule has 1 amide bonds. The van der Waals surface area contributed by atoms with Crippen molar-refractivity contribution >= 4 is 5.91 Å². The molecule has 1 aliphatic rings. The predicted molar refractivity (Wildman–Crippen MR) is 71.9 cm³/mol. The van der Waals surface area contributed by atoms with Crippen molar-refractivity contribution in [1.82, 2.24) is 10.2 Å². The summed E-state index contributed by atoms with van der Waals surface area (Å²) in [5.74, 6) is 0.648. The van der Waals surface area contributed by atoms with E-state index in [1.165, 1.54) is 0 Å². The number of carbonyl (C=O) groups excluding carboxylic acids is 1. The molecule has 1 saturated heterocycles. The van der Waals surface area contributed by atoms with Gasteiger partial charge in [0, 0.05) is 31.1 Å². The minimum atomic E-state index is 0.0113. The molecule has 1 N–H and O–H groups in total. The van der Waals surface area contributed by atoms with E-state index in [0.717, 1.165) is 25.9 Å². The van der Waals surface area contributed by atoms with Crippen LogP contribution in [0.2, 0.25) is 0 Å². The van der Waals surface area contributed by atoms with Gasteiger partial charge in [0.25, 0.3) is 0 Å². The zero-order chi connectivity index (χ0) is 13.1. The molecule has 0 aliphatic carbocycles. The molecule has 0 aromatic heterocycles. The summed E-state index contributed by atoms with van der Waals surface area (Å²) in [5.41, 5.74) is 0.0113. The van der Waals surface area contributed by atoms with Crippen LogP contribution in [0.15, 0.2) is 0 Å². The molecule has 0 bridgehead atoms. The second kappa shape index (κ2) is 5.85. The number of likely N-dealkylation sites (tertiary alicyclic amines) is 1. The summed E-state index contributed by atoms with van der Waals surface area (Å²) in [6, 6.07) is 0.617. The highest BCUT2D eigenvalue weighted by molar-refractivity contribution is 5.76. The lowest BCUT2D eigenvalue weighted by molar-refractivity contribution is -0.124. The van der Waals surface area contributed by atoms with Crippen LogP contribution in [-0.2, 0) is 4.79 Å². The highest BCUT2D eigenvalue weighted by atomic mass is 16.1. The largest absolute Gasteiger partial charge is 0.351 e. The lowest BCUT2D eigenvalue weighted by Gasteiger charge is -2.41. The molecule has 0 saturated carbocycles. The summed E-state index contributed by atoms with van der Waals surface area (Å²) >= 11 is 0. The van der Waals surface area contributed by atoms with Gasteiger partial charge in [-0.1, -0.05) is 13.8 Å². The first-order chi connectivity index (χ1) is 7.82. The molecule has 1 aliphatic heterocycles. The van der Waals surface area contributed by atoms with Crippen molar-refractivity contribution in [3.8, 4) is 0 Å². The Hall–Kier alpha value is -0.570. The summed E-state index contributed by atoms with van der Waals surface area (Å²) in [6.45, 7) is 13.0. The van der Waals surface area contributed by atoms with Crippen LogP contribution in [0.25, 0.3) is 0 Å². The average molecular weight is 240 g/mol. The molecular formula is C14H28N2O. The average Bonchev–Trinajstić information content (AvgIpc) is 2.15. The maximum atomic E-state index is 11.8. The van der Waals surface area contributed by atoms with Crippen molar-refractivity contribution in [3.63, 3.8) is 0 Å². The first kappa shape index (κ1) is 14.5. The fraction of sp³-hybridized carbons (Fsp3) is 0.929. The van der Waals surface area contributed by atoms with Crippen molar-refractivity contribution in [2.24, 2.45) is 5.92 Å². The second-order valence-electron chi connectivity index (χ2n) is 6.34. The summed E-state index contributed by atoms with van der Waals surface area (Å²) < 4.78 is 0. The molecule has 0 aromatic carbocycles. The Morgan fingerprint density at radius 2 is 1.76 bits per heavy atom. The number of carbonyl (C=O) groups is 1. The molecule has 3 nitrogen and oxygen atoms in total. The van der Waals surface area contributed by atoms with Gasteiger partial charge in [0.05, 0.1) is 0 Å². The number of piperidine rings is 1. The standard InChI is InChI=1S/C14H28N2O/c1-11(2)10-13(17)15-14(5)6-8-16(9-7-14)12(3)4/h11-12H,6-10H2,1-5H3,(H,15,17). The molecule has 0 unspecified atom stereocenters. The summed E-state index contributed by atoms with van der Waals surface area (Å²) in [5, 5.41) is 3.22. The van der Waals surface area contributed by atoms with E-state index in [-0.39, 0.29) is 11.4 Å². The highest BCUT2D eigenvalue weighted by Gasteiger charge is 2.31. The minimum absolute atomic E-state index is 0.0113. The van der Waals surface area contributed by atoms with Crippen LogP contribution >= 0.6 is 0 Å². The minimum Gasteiger partial charge on any atom is -0.351 e. The number of rotatable bonds is 4. The van der Waals surface area contributed by atoms with Crippen molar-refractivity contribution in [3.05, 3.63) is 0 Å². The number of hydrogen-bond donors (Lipinski definition) is 1. The van der Waals surface area contributed by atoms with Gasteiger partial charge in [0.15, 0.2) is 0 Å². The van der Waals surface area contributed by atoms with E-state index < -0.39 is 0 Å². The Kier molecular flexibility index (Phi) is 4.99.